The van der Waals surface area contributed by atoms with Crippen LogP contribution >= 0.6 is 0 Å². The second-order valence-electron chi connectivity index (χ2n) is 5.07. The van der Waals surface area contributed by atoms with Crippen LogP contribution < -0.4 is 5.32 Å². The highest BCUT2D eigenvalue weighted by atomic mass is 19.1. The maximum atomic E-state index is 13.3. The van der Waals surface area contributed by atoms with Gasteiger partial charge in [0.25, 0.3) is 0 Å². The van der Waals surface area contributed by atoms with Crippen molar-refractivity contribution in [2.24, 2.45) is 5.41 Å². The predicted molar refractivity (Wildman–Crippen MR) is 64.1 cm³/mol. The smallest absolute Gasteiger partial charge is 0.303 e. The van der Waals surface area contributed by atoms with Gasteiger partial charge in [0.2, 0.25) is 0 Å². The Hall–Kier alpha value is -1.49. The van der Waals surface area contributed by atoms with E-state index >= 15 is 0 Å². The second kappa shape index (κ2) is 5.91. The minimum atomic E-state index is -0.876. The van der Waals surface area contributed by atoms with Gasteiger partial charge in [-0.05, 0) is 23.6 Å². The van der Waals surface area contributed by atoms with Crippen molar-refractivity contribution in [3.05, 3.63) is 35.4 Å². The number of benzene rings is 1. The Morgan fingerprint density at radius 3 is 2.67 bits per heavy atom. The number of halogens is 2. The third-order valence-corrected chi connectivity index (χ3v) is 2.56. The number of hydrogen-bond acceptors (Lipinski definition) is 2. The number of nitrogens with one attached hydrogen (secondary N) is 1. The summed E-state index contributed by atoms with van der Waals surface area (Å²) in [5.41, 5.74) is -0.198. The molecule has 1 rings (SSSR count). The van der Waals surface area contributed by atoms with E-state index in [2.05, 4.69) is 5.32 Å². The van der Waals surface area contributed by atoms with Crippen LogP contribution in [0.25, 0.3) is 0 Å². The molecule has 0 heterocycles. The van der Waals surface area contributed by atoms with Gasteiger partial charge in [-0.2, -0.15) is 0 Å². The van der Waals surface area contributed by atoms with Crippen LogP contribution in [-0.4, -0.2) is 17.6 Å². The maximum Gasteiger partial charge on any atom is 0.303 e. The van der Waals surface area contributed by atoms with Crippen molar-refractivity contribution in [3.8, 4) is 0 Å². The highest BCUT2D eigenvalue weighted by Crippen LogP contribution is 2.19. The van der Waals surface area contributed by atoms with E-state index in [1.54, 1.807) is 13.8 Å². The van der Waals surface area contributed by atoms with Crippen LogP contribution in [0.1, 0.15) is 25.8 Å². The highest BCUT2D eigenvalue weighted by Gasteiger charge is 2.21. The monoisotopic (exact) mass is 257 g/mol. The molecule has 100 valence electrons. The molecule has 0 saturated carbocycles. The summed E-state index contributed by atoms with van der Waals surface area (Å²) in [5.74, 6) is -1.84. The van der Waals surface area contributed by atoms with Crippen molar-refractivity contribution >= 4 is 5.97 Å². The van der Waals surface area contributed by atoms with Gasteiger partial charge in [-0.3, -0.25) is 4.79 Å². The third-order valence-electron chi connectivity index (χ3n) is 2.56. The average Bonchev–Trinajstić information content (AvgIpc) is 2.21. The van der Waals surface area contributed by atoms with Crippen LogP contribution in [-0.2, 0) is 11.3 Å². The van der Waals surface area contributed by atoms with Gasteiger partial charge < -0.3 is 10.4 Å². The number of hydrogen-bond donors (Lipinski definition) is 2. The number of aliphatic carboxylic acids is 1. The van der Waals surface area contributed by atoms with E-state index in [1.807, 2.05) is 0 Å². The summed E-state index contributed by atoms with van der Waals surface area (Å²) in [4.78, 5) is 10.6. The first-order valence-corrected chi connectivity index (χ1v) is 5.67. The van der Waals surface area contributed by atoms with Gasteiger partial charge >= 0.3 is 5.97 Å². The van der Waals surface area contributed by atoms with E-state index in [9.17, 15) is 13.6 Å². The Kier molecular flexibility index (Phi) is 4.78. The normalized spacial score (nSPS) is 11.6. The average molecular weight is 257 g/mol. The molecule has 0 fully saturated rings. The minimum Gasteiger partial charge on any atom is -0.481 e. The van der Waals surface area contributed by atoms with Gasteiger partial charge in [0.1, 0.15) is 11.6 Å². The van der Waals surface area contributed by atoms with Gasteiger partial charge in [0, 0.05) is 18.7 Å². The zero-order valence-corrected chi connectivity index (χ0v) is 10.5. The standard InChI is InChI=1S/C13H17F2NO2/c1-13(2,6-12(17)18)8-16-7-9-5-10(14)3-4-11(9)15/h3-5,16H,6-8H2,1-2H3,(H,17,18). The van der Waals surface area contributed by atoms with Crippen molar-refractivity contribution in [2.75, 3.05) is 6.54 Å². The molecule has 18 heavy (non-hydrogen) atoms. The molecule has 0 radical (unpaired) electrons. The summed E-state index contributed by atoms with van der Waals surface area (Å²) in [5, 5.41) is 11.7. The largest absolute Gasteiger partial charge is 0.481 e. The molecule has 1 aromatic rings. The lowest BCUT2D eigenvalue weighted by Crippen LogP contribution is -2.31. The van der Waals surface area contributed by atoms with Crippen LogP contribution in [0.2, 0.25) is 0 Å². The predicted octanol–water partition coefficient (Wildman–Crippen LogP) is 2.56. The zero-order valence-electron chi connectivity index (χ0n) is 10.5. The van der Waals surface area contributed by atoms with Gasteiger partial charge in [-0.15, -0.1) is 0 Å². The number of carboxylic acids is 1. The fraction of sp³-hybridized carbons (Fsp3) is 0.462. The van der Waals surface area contributed by atoms with E-state index in [-0.39, 0.29) is 18.5 Å². The molecule has 5 heteroatoms. The molecule has 0 saturated heterocycles. The summed E-state index contributed by atoms with van der Waals surface area (Å²) < 4.78 is 26.2. The first kappa shape index (κ1) is 14.6. The number of rotatable bonds is 6. The third kappa shape index (κ3) is 4.79. The van der Waals surface area contributed by atoms with Gasteiger partial charge in [-0.1, -0.05) is 13.8 Å². The molecule has 3 nitrogen and oxygen atoms in total. The minimum absolute atomic E-state index is 0.0195. The van der Waals surface area contributed by atoms with Crippen LogP contribution in [0.3, 0.4) is 0 Å². The topological polar surface area (TPSA) is 49.3 Å². The van der Waals surface area contributed by atoms with Crippen LogP contribution in [0.15, 0.2) is 18.2 Å². The van der Waals surface area contributed by atoms with Crippen molar-refractivity contribution < 1.29 is 18.7 Å². The van der Waals surface area contributed by atoms with E-state index < -0.39 is 23.0 Å². The molecule has 1 aromatic carbocycles. The van der Waals surface area contributed by atoms with E-state index in [0.29, 0.717) is 6.54 Å². The molecular formula is C13H17F2NO2. The van der Waals surface area contributed by atoms with Gasteiger partial charge in [0.05, 0.1) is 6.42 Å². The molecule has 0 spiro atoms. The summed E-state index contributed by atoms with van der Waals surface area (Å²) in [6.45, 7) is 4.19. The van der Waals surface area contributed by atoms with Crippen molar-refractivity contribution in [2.45, 2.75) is 26.8 Å². The molecule has 0 aliphatic rings. The van der Waals surface area contributed by atoms with Gasteiger partial charge in [-0.25, -0.2) is 8.78 Å². The molecule has 0 atom stereocenters. The molecular weight excluding hydrogens is 240 g/mol. The maximum absolute atomic E-state index is 13.3. The Bertz CT molecular complexity index is 433. The van der Waals surface area contributed by atoms with Gasteiger partial charge in [0.15, 0.2) is 0 Å². The highest BCUT2D eigenvalue weighted by molar-refractivity contribution is 5.67. The van der Waals surface area contributed by atoms with Crippen molar-refractivity contribution in [1.29, 1.82) is 0 Å². The second-order valence-corrected chi connectivity index (χ2v) is 5.07. The van der Waals surface area contributed by atoms with Crippen LogP contribution in [0, 0.1) is 17.0 Å². The number of carbonyl (C=O) groups is 1. The van der Waals surface area contributed by atoms with Crippen LogP contribution in [0.4, 0.5) is 8.78 Å². The SMILES string of the molecule is CC(C)(CNCc1cc(F)ccc1F)CC(=O)O. The lowest BCUT2D eigenvalue weighted by Gasteiger charge is -2.22. The van der Waals surface area contributed by atoms with Crippen molar-refractivity contribution in [3.63, 3.8) is 0 Å². The Morgan fingerprint density at radius 2 is 2.06 bits per heavy atom. The molecule has 0 aliphatic carbocycles. The van der Waals surface area contributed by atoms with Crippen LogP contribution in [0.5, 0.6) is 0 Å². The zero-order chi connectivity index (χ0) is 13.8. The summed E-state index contributed by atoms with van der Waals surface area (Å²) in [7, 11) is 0. The molecule has 2 N–H and O–H groups in total. The van der Waals surface area contributed by atoms with E-state index in [0.717, 1.165) is 18.2 Å². The number of carboxylic acid groups (broad SMARTS) is 1. The fourth-order valence-corrected chi connectivity index (χ4v) is 1.69. The summed E-state index contributed by atoms with van der Waals surface area (Å²) >= 11 is 0. The molecule has 0 unspecified atom stereocenters. The summed E-state index contributed by atoms with van der Waals surface area (Å²) in [6, 6.07) is 3.27. The first-order valence-electron chi connectivity index (χ1n) is 5.67. The molecule has 0 aromatic heterocycles. The molecule has 0 amide bonds. The fourth-order valence-electron chi connectivity index (χ4n) is 1.69. The Morgan fingerprint density at radius 1 is 1.39 bits per heavy atom. The van der Waals surface area contributed by atoms with E-state index in [4.69, 9.17) is 5.11 Å². The summed E-state index contributed by atoms with van der Waals surface area (Å²) in [6.07, 6.45) is 0.0195. The lowest BCUT2D eigenvalue weighted by molar-refractivity contribution is -0.139. The first-order chi connectivity index (χ1) is 8.30. The van der Waals surface area contributed by atoms with E-state index in [1.165, 1.54) is 0 Å². The Balaban J connectivity index is 2.51. The Labute approximate surface area is 105 Å². The molecule has 0 aliphatic heterocycles. The lowest BCUT2D eigenvalue weighted by atomic mass is 9.89. The van der Waals surface area contributed by atoms with Crippen molar-refractivity contribution in [1.82, 2.24) is 5.32 Å². The molecule has 0 bridgehead atoms. The quantitative estimate of drug-likeness (QED) is 0.823.